The molecule has 6 nitrogen and oxygen atoms in total. The molecule has 1 N–H and O–H groups in total. The van der Waals surface area contributed by atoms with Crippen molar-refractivity contribution in [3.8, 4) is 0 Å². The normalized spacial score (nSPS) is 40.2. The Bertz CT molecular complexity index is 1800. The van der Waals surface area contributed by atoms with E-state index in [1.807, 2.05) is 0 Å². The number of carboxylic acid groups (broad SMARTS) is 1. The van der Waals surface area contributed by atoms with Gasteiger partial charge in [0, 0.05) is 30.5 Å². The average molecular weight is 750 g/mol. The van der Waals surface area contributed by atoms with E-state index < -0.39 is 21.6 Å². The Labute approximate surface area is 318 Å². The number of rotatable bonds is 9. The van der Waals surface area contributed by atoms with E-state index in [2.05, 4.69) is 59.1 Å². The Morgan fingerprint density at radius 3 is 2.30 bits per heavy atom. The summed E-state index contributed by atoms with van der Waals surface area (Å²) in [6.07, 6.45) is 14.2. The number of hydrogen-bond acceptors (Lipinski definition) is 5. The zero-order chi connectivity index (χ0) is 38.4. The SMILES string of the molecule is C=C(C)[C@@H]1CC[C@]2(C(=O)CCCCN3CCS(=O)(=O)CC3)CC[C@]3(C)[C@H](CC[C@@H]4[C@@]5(C)CC=C(c6ccc(C(=O)O)cc6F)C(C)(C)[C@@H]5CC[C@]43C)[C@@H]12. The number of unbranched alkanes of at least 4 members (excludes halogenated alkanes) is 1. The van der Waals surface area contributed by atoms with Crippen LogP contribution >= 0.6 is 0 Å². The van der Waals surface area contributed by atoms with Gasteiger partial charge in [-0.15, -0.1) is 0 Å². The molecule has 6 aliphatic rings. The standard InChI is InChI=1S/C45H64FNO5S/c1-29(2)31-15-20-45(38(48)10-8-9-23-47-24-26-53(51,52)27-25-47)22-21-43(6)34(39(31)45)13-14-37-42(5)18-16-33(32-12-11-30(40(49)50)28-35(32)46)41(3,4)36(42)17-19-44(37,43)7/h11-12,16,28,31,34,36-37,39H,1,8-10,13-15,17-27H2,2-7H3,(H,49,50)/t31-,34+,36-,37+,39+,42-,43+,44+,45+/m0/s1. The van der Waals surface area contributed by atoms with Crippen molar-refractivity contribution in [2.45, 2.75) is 119 Å². The third-order valence-corrected chi connectivity index (χ3v) is 18.9. The number of aromatic carboxylic acids is 1. The monoisotopic (exact) mass is 749 g/mol. The van der Waals surface area contributed by atoms with E-state index in [9.17, 15) is 23.1 Å². The van der Waals surface area contributed by atoms with E-state index in [-0.39, 0.29) is 44.1 Å². The van der Waals surface area contributed by atoms with Crippen LogP contribution in [0, 0.1) is 62.5 Å². The highest BCUT2D eigenvalue weighted by molar-refractivity contribution is 7.91. The highest BCUT2D eigenvalue weighted by Crippen LogP contribution is 2.78. The highest BCUT2D eigenvalue weighted by Gasteiger charge is 2.71. The van der Waals surface area contributed by atoms with Crippen molar-refractivity contribution in [3.05, 3.63) is 53.4 Å². The first-order valence-electron chi connectivity index (χ1n) is 20.7. The van der Waals surface area contributed by atoms with Crippen molar-refractivity contribution >= 4 is 27.2 Å². The van der Waals surface area contributed by atoms with Crippen LogP contribution in [-0.2, 0) is 14.6 Å². The smallest absolute Gasteiger partial charge is 0.335 e. The summed E-state index contributed by atoms with van der Waals surface area (Å²) < 4.78 is 39.3. The molecule has 1 heterocycles. The lowest BCUT2D eigenvalue weighted by Crippen LogP contribution is -2.65. The lowest BCUT2D eigenvalue weighted by Gasteiger charge is -2.72. The molecule has 0 amide bonds. The number of fused-ring (bicyclic) bond motifs is 7. The Morgan fingerprint density at radius 1 is 0.925 bits per heavy atom. The van der Waals surface area contributed by atoms with Crippen molar-refractivity contribution in [1.82, 2.24) is 4.90 Å². The van der Waals surface area contributed by atoms with Gasteiger partial charge in [0.2, 0.25) is 0 Å². The van der Waals surface area contributed by atoms with E-state index in [0.29, 0.717) is 60.4 Å². The molecule has 8 heteroatoms. The maximum Gasteiger partial charge on any atom is 0.335 e. The first-order chi connectivity index (χ1) is 24.8. The van der Waals surface area contributed by atoms with Crippen molar-refractivity contribution in [1.29, 1.82) is 0 Å². The largest absolute Gasteiger partial charge is 0.478 e. The van der Waals surface area contributed by atoms with Crippen LogP contribution < -0.4 is 0 Å². The Morgan fingerprint density at radius 2 is 1.64 bits per heavy atom. The second kappa shape index (κ2) is 13.4. The summed E-state index contributed by atoms with van der Waals surface area (Å²) in [7, 11) is -2.89. The van der Waals surface area contributed by atoms with Crippen LogP contribution in [0.25, 0.3) is 5.57 Å². The number of allylic oxidation sites excluding steroid dienone is 3. The molecule has 0 aromatic heterocycles. The third kappa shape index (κ3) is 6.05. The zero-order valence-corrected chi connectivity index (χ0v) is 34.1. The summed E-state index contributed by atoms with van der Waals surface area (Å²) in [5.74, 6) is 1.50. The molecule has 0 bridgehead atoms. The number of halogens is 1. The topological polar surface area (TPSA) is 91.8 Å². The van der Waals surface area contributed by atoms with Crippen molar-refractivity contribution in [3.63, 3.8) is 0 Å². The van der Waals surface area contributed by atoms with Crippen molar-refractivity contribution in [2.75, 3.05) is 31.1 Å². The number of ketones is 1. The molecule has 292 valence electrons. The molecule has 1 aromatic rings. The van der Waals surface area contributed by atoms with E-state index in [1.165, 1.54) is 17.7 Å². The van der Waals surface area contributed by atoms with Gasteiger partial charge in [-0.25, -0.2) is 17.6 Å². The number of Topliss-reactive ketones (excluding diaryl/α,β-unsaturated/α-hetero) is 1. The van der Waals surface area contributed by atoms with Crippen LogP contribution in [0.4, 0.5) is 4.39 Å². The maximum atomic E-state index is 15.5. The molecular formula is C45H64FNO5S. The van der Waals surface area contributed by atoms with Gasteiger partial charge in [-0.2, -0.15) is 0 Å². The molecule has 7 rings (SSSR count). The van der Waals surface area contributed by atoms with Crippen molar-refractivity contribution in [2.24, 2.45) is 56.7 Å². The predicted molar refractivity (Wildman–Crippen MR) is 210 cm³/mol. The van der Waals surface area contributed by atoms with E-state index in [4.69, 9.17) is 0 Å². The average Bonchev–Trinajstić information content (AvgIpc) is 3.49. The molecule has 53 heavy (non-hydrogen) atoms. The fourth-order valence-corrected chi connectivity index (χ4v) is 15.7. The molecule has 5 aliphatic carbocycles. The summed E-state index contributed by atoms with van der Waals surface area (Å²) in [5.41, 5.74) is 2.52. The first kappa shape index (κ1) is 38.9. The Balaban J connectivity index is 1.12. The number of nitrogens with zero attached hydrogens (tertiary/aromatic N) is 1. The summed E-state index contributed by atoms with van der Waals surface area (Å²) >= 11 is 0. The minimum atomic E-state index is -2.89. The third-order valence-electron chi connectivity index (χ3n) is 17.3. The fourth-order valence-electron chi connectivity index (χ4n) is 14.4. The number of benzene rings is 1. The van der Waals surface area contributed by atoms with Gasteiger partial charge in [-0.1, -0.05) is 58.9 Å². The fraction of sp³-hybridized carbons (Fsp3) is 0.733. The predicted octanol–water partition coefficient (Wildman–Crippen LogP) is 9.64. The van der Waals surface area contributed by atoms with Crippen LogP contribution in [0.3, 0.4) is 0 Å². The molecule has 1 aromatic carbocycles. The van der Waals surface area contributed by atoms with E-state index in [1.54, 1.807) is 6.07 Å². The molecule has 4 saturated carbocycles. The minimum absolute atomic E-state index is 0.0212. The summed E-state index contributed by atoms with van der Waals surface area (Å²) in [4.78, 5) is 28.4. The van der Waals surface area contributed by atoms with Gasteiger partial charge in [0.05, 0.1) is 17.1 Å². The number of carbonyl (C=O) groups excluding carboxylic acids is 1. The second-order valence-corrected chi connectivity index (χ2v) is 22.1. The number of hydrogen-bond donors (Lipinski definition) is 1. The second-order valence-electron chi connectivity index (χ2n) is 19.8. The van der Waals surface area contributed by atoms with E-state index >= 15 is 4.39 Å². The molecule has 9 atom stereocenters. The number of sulfone groups is 1. The minimum Gasteiger partial charge on any atom is -0.478 e. The van der Waals surface area contributed by atoms with Gasteiger partial charge in [0.15, 0.2) is 9.84 Å². The van der Waals surface area contributed by atoms with Crippen LogP contribution in [-0.4, -0.2) is 61.3 Å². The zero-order valence-electron chi connectivity index (χ0n) is 33.2. The first-order valence-corrected chi connectivity index (χ1v) is 22.5. The van der Waals surface area contributed by atoms with Crippen LogP contribution in [0.15, 0.2) is 36.4 Å². The molecule has 0 spiro atoms. The molecule has 0 unspecified atom stereocenters. The molecular weight excluding hydrogens is 686 g/mol. The maximum absolute atomic E-state index is 15.5. The number of carboxylic acids is 1. The molecule has 1 saturated heterocycles. The van der Waals surface area contributed by atoms with Gasteiger partial charge >= 0.3 is 5.97 Å². The quantitative estimate of drug-likeness (QED) is 0.200. The number of carbonyl (C=O) groups is 2. The van der Waals surface area contributed by atoms with Gasteiger partial charge in [0.25, 0.3) is 0 Å². The molecule has 5 fully saturated rings. The molecule has 1 aliphatic heterocycles. The summed E-state index contributed by atoms with van der Waals surface area (Å²) in [5, 5.41) is 9.45. The van der Waals surface area contributed by atoms with Gasteiger partial charge in [-0.05, 0) is 153 Å². The van der Waals surface area contributed by atoms with Gasteiger partial charge in [-0.3, -0.25) is 4.79 Å². The summed E-state index contributed by atoms with van der Waals surface area (Å²) in [6, 6.07) is 4.38. The van der Waals surface area contributed by atoms with E-state index in [0.717, 1.165) is 82.7 Å². The highest BCUT2D eigenvalue weighted by atomic mass is 32.2. The Kier molecular flexibility index (Phi) is 9.85. The molecule has 0 radical (unpaired) electrons. The van der Waals surface area contributed by atoms with Gasteiger partial charge < -0.3 is 10.0 Å². The Hall–Kier alpha value is -2.32. The van der Waals surface area contributed by atoms with Crippen LogP contribution in [0.5, 0.6) is 0 Å². The lowest BCUT2D eigenvalue weighted by molar-refractivity contribution is -0.224. The van der Waals surface area contributed by atoms with Crippen LogP contribution in [0.1, 0.15) is 135 Å². The van der Waals surface area contributed by atoms with Crippen molar-refractivity contribution < 1.29 is 27.5 Å². The van der Waals surface area contributed by atoms with Crippen LogP contribution in [0.2, 0.25) is 0 Å². The summed E-state index contributed by atoms with van der Waals surface area (Å²) in [6.45, 7) is 21.1. The lowest BCUT2D eigenvalue weighted by atomic mass is 9.32. The van der Waals surface area contributed by atoms with Gasteiger partial charge in [0.1, 0.15) is 11.6 Å².